The minimum Gasteiger partial charge on any atom is -0.465 e. The van der Waals surface area contributed by atoms with Gasteiger partial charge in [0.05, 0.1) is 12.0 Å². The van der Waals surface area contributed by atoms with Gasteiger partial charge in [-0.05, 0) is 58.8 Å². The summed E-state index contributed by atoms with van der Waals surface area (Å²) in [5.74, 6) is 0.844. The van der Waals surface area contributed by atoms with Gasteiger partial charge in [-0.25, -0.2) is 0 Å². The highest BCUT2D eigenvalue weighted by atomic mass is 28.4. The standard InChI is InChI=1S/C18H32O5Si/c1-5-21-24(22-6-2,23-7-3)12-8-11-20-17(19)18(4)14-15-9-10-16(18)13-15/h9-10,15-16H,5-8,11-14H2,1-4H3. The third-order valence-electron chi connectivity index (χ3n) is 5.10. The summed E-state index contributed by atoms with van der Waals surface area (Å²) in [6.07, 6.45) is 7.15. The monoisotopic (exact) mass is 356 g/mol. The molecule has 24 heavy (non-hydrogen) atoms. The highest BCUT2D eigenvalue weighted by Crippen LogP contribution is 2.52. The number of ether oxygens (including phenoxy) is 1. The van der Waals surface area contributed by atoms with E-state index in [0.717, 1.165) is 12.8 Å². The molecule has 0 spiro atoms. The van der Waals surface area contributed by atoms with Gasteiger partial charge >= 0.3 is 14.8 Å². The molecule has 0 aliphatic heterocycles. The molecular weight excluding hydrogens is 324 g/mol. The Kier molecular flexibility index (Phi) is 7.04. The van der Waals surface area contributed by atoms with E-state index in [1.165, 1.54) is 0 Å². The molecule has 2 aliphatic rings. The summed E-state index contributed by atoms with van der Waals surface area (Å²) in [5, 5.41) is 0. The van der Waals surface area contributed by atoms with Crippen LogP contribution in [0.25, 0.3) is 0 Å². The van der Waals surface area contributed by atoms with E-state index in [4.69, 9.17) is 18.0 Å². The van der Waals surface area contributed by atoms with Crippen LogP contribution in [0.1, 0.15) is 47.0 Å². The van der Waals surface area contributed by atoms with Crippen LogP contribution in [0.15, 0.2) is 12.2 Å². The van der Waals surface area contributed by atoms with Gasteiger partial charge < -0.3 is 18.0 Å². The maximum absolute atomic E-state index is 12.5. The minimum absolute atomic E-state index is 0.0594. The van der Waals surface area contributed by atoms with Gasteiger partial charge in [-0.1, -0.05) is 12.2 Å². The molecule has 0 heterocycles. The molecule has 0 saturated heterocycles. The van der Waals surface area contributed by atoms with Crippen molar-refractivity contribution < 1.29 is 22.8 Å². The van der Waals surface area contributed by atoms with Crippen LogP contribution in [-0.4, -0.2) is 41.2 Å². The van der Waals surface area contributed by atoms with Crippen molar-refractivity contribution in [2.45, 2.75) is 53.0 Å². The molecule has 2 bridgehead atoms. The van der Waals surface area contributed by atoms with Crippen LogP contribution < -0.4 is 0 Å². The Morgan fingerprint density at radius 2 is 1.75 bits per heavy atom. The SMILES string of the molecule is CCO[Si](CCCOC(=O)C1(C)CC2C=CC1C2)(OCC)OCC. The summed E-state index contributed by atoms with van der Waals surface area (Å²) in [7, 11) is -2.63. The molecule has 0 radical (unpaired) electrons. The number of rotatable bonds is 11. The molecule has 3 unspecified atom stereocenters. The number of allylic oxidation sites excluding steroid dienone is 2. The predicted octanol–water partition coefficient (Wildman–Crippen LogP) is 3.57. The highest BCUT2D eigenvalue weighted by Gasteiger charge is 2.51. The van der Waals surface area contributed by atoms with Crippen LogP contribution in [0.5, 0.6) is 0 Å². The first-order valence-electron chi connectivity index (χ1n) is 9.27. The van der Waals surface area contributed by atoms with Crippen molar-refractivity contribution in [2.75, 3.05) is 26.4 Å². The van der Waals surface area contributed by atoms with Crippen molar-refractivity contribution in [3.05, 3.63) is 12.2 Å². The van der Waals surface area contributed by atoms with E-state index in [0.29, 0.717) is 50.7 Å². The molecule has 2 aliphatic carbocycles. The Morgan fingerprint density at radius 3 is 2.21 bits per heavy atom. The van der Waals surface area contributed by atoms with Crippen LogP contribution >= 0.6 is 0 Å². The summed E-state index contributed by atoms with van der Waals surface area (Å²) >= 11 is 0. The fourth-order valence-corrected chi connectivity index (χ4v) is 6.53. The molecule has 1 saturated carbocycles. The zero-order chi connectivity index (χ0) is 17.6. The van der Waals surface area contributed by atoms with Gasteiger partial charge in [0.1, 0.15) is 0 Å². The topological polar surface area (TPSA) is 54.0 Å². The van der Waals surface area contributed by atoms with Gasteiger partial charge in [0.2, 0.25) is 0 Å². The summed E-state index contributed by atoms with van der Waals surface area (Å²) in [6, 6.07) is 0.679. The molecule has 0 aromatic heterocycles. The van der Waals surface area contributed by atoms with Crippen molar-refractivity contribution in [3.63, 3.8) is 0 Å². The van der Waals surface area contributed by atoms with E-state index in [9.17, 15) is 4.79 Å². The van der Waals surface area contributed by atoms with E-state index in [1.54, 1.807) is 0 Å². The first kappa shape index (κ1) is 19.6. The third-order valence-corrected chi connectivity index (χ3v) is 8.25. The highest BCUT2D eigenvalue weighted by molar-refractivity contribution is 6.60. The fourth-order valence-electron chi connectivity index (χ4n) is 3.95. The lowest BCUT2D eigenvalue weighted by Crippen LogP contribution is -2.46. The lowest BCUT2D eigenvalue weighted by molar-refractivity contribution is -0.156. The fraction of sp³-hybridized carbons (Fsp3) is 0.833. The van der Waals surface area contributed by atoms with Gasteiger partial charge in [-0.3, -0.25) is 4.79 Å². The number of carbonyl (C=O) groups is 1. The van der Waals surface area contributed by atoms with E-state index >= 15 is 0 Å². The molecule has 5 nitrogen and oxygen atoms in total. The molecular formula is C18H32O5Si. The van der Waals surface area contributed by atoms with Crippen molar-refractivity contribution >= 4 is 14.8 Å². The van der Waals surface area contributed by atoms with Crippen molar-refractivity contribution in [1.29, 1.82) is 0 Å². The predicted molar refractivity (Wildman–Crippen MR) is 94.5 cm³/mol. The van der Waals surface area contributed by atoms with Crippen molar-refractivity contribution in [2.24, 2.45) is 17.3 Å². The van der Waals surface area contributed by atoms with Crippen LogP contribution in [0.2, 0.25) is 6.04 Å². The second-order valence-corrected chi connectivity index (χ2v) is 9.56. The molecule has 0 amide bonds. The number of fused-ring (bicyclic) bond motifs is 2. The zero-order valence-corrected chi connectivity index (χ0v) is 16.5. The van der Waals surface area contributed by atoms with E-state index in [1.807, 2.05) is 27.7 Å². The van der Waals surface area contributed by atoms with Gasteiger partial charge in [-0.2, -0.15) is 0 Å². The van der Waals surface area contributed by atoms with E-state index < -0.39 is 8.80 Å². The summed E-state index contributed by atoms with van der Waals surface area (Å²) in [4.78, 5) is 12.5. The maximum Gasteiger partial charge on any atom is 0.501 e. The first-order valence-corrected chi connectivity index (χ1v) is 11.2. The second kappa shape index (κ2) is 8.60. The van der Waals surface area contributed by atoms with Crippen molar-refractivity contribution in [3.8, 4) is 0 Å². The van der Waals surface area contributed by atoms with Crippen molar-refractivity contribution in [1.82, 2.24) is 0 Å². The number of hydrogen-bond donors (Lipinski definition) is 0. The normalized spacial score (nSPS) is 28.5. The van der Waals surface area contributed by atoms with E-state index in [-0.39, 0.29) is 11.4 Å². The maximum atomic E-state index is 12.5. The molecule has 138 valence electrons. The number of esters is 1. The van der Waals surface area contributed by atoms with Gasteiger partial charge in [0.15, 0.2) is 0 Å². The number of hydrogen-bond acceptors (Lipinski definition) is 5. The third kappa shape index (κ3) is 4.28. The van der Waals surface area contributed by atoms with Gasteiger partial charge in [0.25, 0.3) is 0 Å². The van der Waals surface area contributed by atoms with Gasteiger partial charge in [0, 0.05) is 25.9 Å². The van der Waals surface area contributed by atoms with E-state index in [2.05, 4.69) is 12.2 Å². The zero-order valence-electron chi connectivity index (χ0n) is 15.5. The Bertz CT molecular complexity index is 436. The molecule has 1 fully saturated rings. The summed E-state index contributed by atoms with van der Waals surface area (Å²) < 4.78 is 23.1. The van der Waals surface area contributed by atoms with Gasteiger partial charge in [-0.15, -0.1) is 0 Å². The molecule has 0 N–H and O–H groups in total. The largest absolute Gasteiger partial charge is 0.501 e. The number of carbonyl (C=O) groups excluding carboxylic acids is 1. The lowest BCUT2D eigenvalue weighted by Gasteiger charge is -2.30. The molecule has 3 atom stereocenters. The Labute approximate surface area is 147 Å². The molecule has 2 rings (SSSR count). The molecule has 6 heteroatoms. The van der Waals surface area contributed by atoms with Crippen LogP contribution in [0, 0.1) is 17.3 Å². The van der Waals surface area contributed by atoms with Crippen LogP contribution in [0.4, 0.5) is 0 Å². The Morgan fingerprint density at radius 1 is 1.12 bits per heavy atom. The average Bonchev–Trinajstić information content (AvgIpc) is 3.13. The quantitative estimate of drug-likeness (QED) is 0.245. The second-order valence-electron chi connectivity index (χ2n) is 6.83. The lowest BCUT2D eigenvalue weighted by atomic mass is 9.78. The summed E-state index contributed by atoms with van der Waals surface area (Å²) in [5.41, 5.74) is -0.340. The smallest absolute Gasteiger partial charge is 0.465 e. The minimum atomic E-state index is -2.63. The Balaban J connectivity index is 1.80. The Hall–Kier alpha value is -0.693. The molecule has 0 aromatic rings. The first-order chi connectivity index (χ1) is 11.5. The van der Waals surface area contributed by atoms with Crippen LogP contribution in [-0.2, 0) is 22.8 Å². The summed E-state index contributed by atoms with van der Waals surface area (Å²) in [6.45, 7) is 10.00. The average molecular weight is 357 g/mol. The molecule has 0 aromatic carbocycles. The van der Waals surface area contributed by atoms with Crippen LogP contribution in [0.3, 0.4) is 0 Å².